The van der Waals surface area contributed by atoms with Crippen molar-refractivity contribution in [2.24, 2.45) is 5.73 Å². The molecule has 1 unspecified atom stereocenters. The molecular formula is C12H26BN3O3. The molecule has 0 aromatic rings. The molecule has 1 fully saturated rings. The zero-order chi connectivity index (χ0) is 14.1. The highest BCUT2D eigenvalue weighted by atomic mass is 16.4. The van der Waals surface area contributed by atoms with Crippen LogP contribution in [0.5, 0.6) is 0 Å². The fourth-order valence-corrected chi connectivity index (χ4v) is 2.34. The average Bonchev–Trinajstić information content (AvgIpc) is 2.39. The Morgan fingerprint density at radius 1 is 1.26 bits per heavy atom. The van der Waals surface area contributed by atoms with Crippen molar-refractivity contribution in [3.63, 3.8) is 0 Å². The van der Waals surface area contributed by atoms with Gasteiger partial charge in [-0.05, 0) is 25.7 Å². The number of hydrogen-bond acceptors (Lipinski definition) is 4. The quantitative estimate of drug-likeness (QED) is 0.335. The molecule has 1 aliphatic carbocycles. The van der Waals surface area contributed by atoms with Crippen molar-refractivity contribution in [2.45, 2.75) is 63.3 Å². The maximum atomic E-state index is 11.6. The van der Waals surface area contributed by atoms with Crippen LogP contribution in [0.15, 0.2) is 0 Å². The van der Waals surface area contributed by atoms with E-state index in [1.54, 1.807) is 0 Å². The molecule has 1 atom stereocenters. The predicted octanol–water partition coefficient (Wildman–Crippen LogP) is 0.128. The molecule has 0 heterocycles. The Morgan fingerprint density at radius 3 is 2.58 bits per heavy atom. The summed E-state index contributed by atoms with van der Waals surface area (Å²) in [6.45, 7) is 0.590. The maximum absolute atomic E-state index is 11.6. The van der Waals surface area contributed by atoms with Gasteiger partial charge in [0.15, 0.2) is 0 Å². The van der Waals surface area contributed by atoms with E-state index in [0.717, 1.165) is 25.7 Å². The van der Waals surface area contributed by atoms with E-state index in [2.05, 4.69) is 10.6 Å². The van der Waals surface area contributed by atoms with Gasteiger partial charge in [-0.15, -0.1) is 0 Å². The largest absolute Gasteiger partial charge is 0.469 e. The van der Waals surface area contributed by atoms with Crippen LogP contribution in [0.4, 0.5) is 4.79 Å². The number of carbonyl (C=O) groups is 1. The zero-order valence-corrected chi connectivity index (χ0v) is 11.5. The highest BCUT2D eigenvalue weighted by molar-refractivity contribution is 6.43. The average molecular weight is 271 g/mol. The number of unbranched alkanes of at least 4 members (excludes halogenated alkanes) is 1. The minimum absolute atomic E-state index is 0.0987. The van der Waals surface area contributed by atoms with Crippen molar-refractivity contribution < 1.29 is 14.8 Å². The topological polar surface area (TPSA) is 108 Å². The molecule has 19 heavy (non-hydrogen) atoms. The Hall–Kier alpha value is -0.785. The molecule has 0 aromatic carbocycles. The molecule has 6 N–H and O–H groups in total. The van der Waals surface area contributed by atoms with Crippen LogP contribution in [-0.2, 0) is 0 Å². The minimum Gasteiger partial charge on any atom is -0.426 e. The second-order valence-corrected chi connectivity index (χ2v) is 5.31. The standard InChI is InChI=1S/C12H26BN3O3/c14-11(13(18)19)8-4-5-9-15-12(17)16-10-6-2-1-3-7-10/h10-11,18-19H,1-9,14H2,(H2,15,16,17). The van der Waals surface area contributed by atoms with Gasteiger partial charge < -0.3 is 26.4 Å². The second kappa shape index (κ2) is 9.17. The van der Waals surface area contributed by atoms with Gasteiger partial charge in [0.05, 0.1) is 0 Å². The van der Waals surface area contributed by atoms with Gasteiger partial charge in [0.25, 0.3) is 0 Å². The Balaban J connectivity index is 1.98. The van der Waals surface area contributed by atoms with Crippen LogP contribution >= 0.6 is 0 Å². The van der Waals surface area contributed by atoms with Crippen LogP contribution in [0.1, 0.15) is 51.4 Å². The van der Waals surface area contributed by atoms with E-state index in [-0.39, 0.29) is 6.03 Å². The third-order valence-electron chi connectivity index (χ3n) is 3.57. The fourth-order valence-electron chi connectivity index (χ4n) is 2.34. The molecule has 110 valence electrons. The number of urea groups is 1. The SMILES string of the molecule is NC(CCCCNC(=O)NC1CCCCC1)B(O)O. The first-order valence-electron chi connectivity index (χ1n) is 7.25. The van der Waals surface area contributed by atoms with Crippen molar-refractivity contribution >= 4 is 13.1 Å². The maximum Gasteiger partial charge on any atom is 0.469 e. The summed E-state index contributed by atoms with van der Waals surface area (Å²) >= 11 is 0. The minimum atomic E-state index is -1.46. The van der Waals surface area contributed by atoms with Gasteiger partial charge in [0.1, 0.15) is 0 Å². The van der Waals surface area contributed by atoms with Gasteiger partial charge in [-0.1, -0.05) is 25.7 Å². The lowest BCUT2D eigenvalue weighted by Gasteiger charge is -2.22. The second-order valence-electron chi connectivity index (χ2n) is 5.31. The molecule has 0 saturated heterocycles. The van der Waals surface area contributed by atoms with Gasteiger partial charge in [-0.2, -0.15) is 0 Å². The molecule has 0 bridgehead atoms. The molecule has 0 radical (unpaired) electrons. The van der Waals surface area contributed by atoms with Crippen LogP contribution in [0, 0.1) is 0 Å². The fraction of sp³-hybridized carbons (Fsp3) is 0.917. The monoisotopic (exact) mass is 271 g/mol. The lowest BCUT2D eigenvalue weighted by Crippen LogP contribution is -2.43. The van der Waals surface area contributed by atoms with E-state index < -0.39 is 13.1 Å². The summed E-state index contributed by atoms with van der Waals surface area (Å²) < 4.78 is 0. The Kier molecular flexibility index (Phi) is 7.85. The van der Waals surface area contributed by atoms with Crippen molar-refractivity contribution in [2.75, 3.05) is 6.54 Å². The van der Waals surface area contributed by atoms with Crippen molar-refractivity contribution in [1.82, 2.24) is 10.6 Å². The molecule has 2 amide bonds. The molecular weight excluding hydrogens is 245 g/mol. The van der Waals surface area contributed by atoms with E-state index >= 15 is 0 Å². The molecule has 6 nitrogen and oxygen atoms in total. The van der Waals surface area contributed by atoms with Gasteiger partial charge in [0, 0.05) is 18.5 Å². The Bertz CT molecular complexity index is 261. The first-order chi connectivity index (χ1) is 9.09. The van der Waals surface area contributed by atoms with E-state index in [1.165, 1.54) is 19.3 Å². The van der Waals surface area contributed by atoms with Gasteiger partial charge in [-0.3, -0.25) is 0 Å². The molecule has 7 heteroatoms. The van der Waals surface area contributed by atoms with Crippen molar-refractivity contribution in [3.05, 3.63) is 0 Å². The van der Waals surface area contributed by atoms with Gasteiger partial charge in [-0.25, -0.2) is 4.79 Å². The summed E-state index contributed by atoms with van der Waals surface area (Å²) in [4.78, 5) is 11.6. The van der Waals surface area contributed by atoms with Gasteiger partial charge >= 0.3 is 13.1 Å². The van der Waals surface area contributed by atoms with E-state index in [4.69, 9.17) is 15.8 Å². The van der Waals surface area contributed by atoms with Crippen molar-refractivity contribution in [3.8, 4) is 0 Å². The third-order valence-corrected chi connectivity index (χ3v) is 3.57. The predicted molar refractivity (Wildman–Crippen MR) is 75.4 cm³/mol. The number of rotatable bonds is 7. The molecule has 0 spiro atoms. The first kappa shape index (κ1) is 16.3. The number of nitrogens with one attached hydrogen (secondary N) is 2. The highest BCUT2D eigenvalue weighted by Crippen LogP contribution is 2.17. The number of carbonyl (C=O) groups excluding carboxylic acids is 1. The summed E-state index contributed by atoms with van der Waals surface area (Å²) in [5, 5.41) is 23.4. The lowest BCUT2D eigenvalue weighted by molar-refractivity contribution is 0.232. The third kappa shape index (κ3) is 7.39. The normalized spacial score (nSPS) is 17.8. The Labute approximate surface area is 115 Å². The summed E-state index contributed by atoms with van der Waals surface area (Å²) in [6, 6.07) is 0.227. The van der Waals surface area contributed by atoms with Crippen LogP contribution in [0.2, 0.25) is 0 Å². The molecule has 1 saturated carbocycles. The summed E-state index contributed by atoms with van der Waals surface area (Å²) in [5.74, 6) is -0.601. The molecule has 1 rings (SSSR count). The van der Waals surface area contributed by atoms with Crippen molar-refractivity contribution in [1.29, 1.82) is 0 Å². The Morgan fingerprint density at radius 2 is 1.95 bits per heavy atom. The number of hydrogen-bond donors (Lipinski definition) is 5. The highest BCUT2D eigenvalue weighted by Gasteiger charge is 2.18. The van der Waals surface area contributed by atoms with Crippen LogP contribution < -0.4 is 16.4 Å². The molecule has 1 aliphatic rings. The summed E-state index contributed by atoms with van der Waals surface area (Å²) in [5.41, 5.74) is 5.48. The zero-order valence-electron chi connectivity index (χ0n) is 11.5. The number of amides is 2. The van der Waals surface area contributed by atoms with Crippen LogP contribution in [-0.4, -0.2) is 41.7 Å². The van der Waals surface area contributed by atoms with E-state index in [0.29, 0.717) is 19.0 Å². The van der Waals surface area contributed by atoms with E-state index in [1.807, 2.05) is 0 Å². The summed E-state index contributed by atoms with van der Waals surface area (Å²) in [7, 11) is -1.46. The summed E-state index contributed by atoms with van der Waals surface area (Å²) in [6.07, 6.45) is 7.94. The van der Waals surface area contributed by atoms with Crippen LogP contribution in [0.25, 0.3) is 0 Å². The number of nitrogens with two attached hydrogens (primary N) is 1. The molecule has 0 aromatic heterocycles. The van der Waals surface area contributed by atoms with Gasteiger partial charge in [0.2, 0.25) is 0 Å². The lowest BCUT2D eigenvalue weighted by atomic mass is 9.77. The first-order valence-corrected chi connectivity index (χ1v) is 7.25. The smallest absolute Gasteiger partial charge is 0.426 e. The van der Waals surface area contributed by atoms with E-state index in [9.17, 15) is 4.79 Å². The van der Waals surface area contributed by atoms with Crippen LogP contribution in [0.3, 0.4) is 0 Å². The molecule has 0 aliphatic heterocycles.